The summed E-state index contributed by atoms with van der Waals surface area (Å²) in [5, 5.41) is 9.15. The van der Waals surface area contributed by atoms with Gasteiger partial charge in [-0.1, -0.05) is 0 Å². The molecule has 0 saturated heterocycles. The number of hydrogen-bond donors (Lipinski definition) is 1. The lowest BCUT2D eigenvalue weighted by Crippen LogP contribution is -1.89. The minimum atomic E-state index is 0.260. The van der Waals surface area contributed by atoms with Crippen molar-refractivity contribution in [1.29, 1.82) is 0 Å². The van der Waals surface area contributed by atoms with Crippen molar-refractivity contribution in [2.45, 2.75) is 12.8 Å². The first kappa shape index (κ1) is 9.51. The van der Waals surface area contributed by atoms with Gasteiger partial charge in [-0.05, 0) is 52.8 Å². The molecule has 0 bridgehead atoms. The molecule has 0 aliphatic rings. The van der Waals surface area contributed by atoms with Crippen LogP contribution in [-0.4, -0.2) is 11.4 Å². The van der Waals surface area contributed by atoms with Gasteiger partial charge in [-0.2, -0.15) is 0 Å². The van der Waals surface area contributed by atoms with E-state index >= 15 is 0 Å². The lowest BCUT2D eigenvalue weighted by Gasteiger charge is -2.01. The van der Waals surface area contributed by atoms with Crippen LogP contribution >= 0.6 is 22.6 Å². The van der Waals surface area contributed by atoms with Crippen LogP contribution in [0.3, 0.4) is 0 Å². The third-order valence-corrected chi connectivity index (χ3v) is 2.61. The summed E-state index contributed by atoms with van der Waals surface area (Å²) in [7, 11) is 0. The van der Waals surface area contributed by atoms with Gasteiger partial charge in [-0.25, -0.2) is 0 Å². The molecule has 0 aliphatic heterocycles. The minimum Gasteiger partial charge on any atom is -0.508 e. The molecule has 0 atom stereocenters. The second kappa shape index (κ2) is 4.45. The van der Waals surface area contributed by atoms with Crippen molar-refractivity contribution in [3.63, 3.8) is 0 Å². The Kier molecular flexibility index (Phi) is 3.52. The van der Waals surface area contributed by atoms with Gasteiger partial charge in [-0.15, -0.1) is 0 Å². The second-order valence-corrected chi connectivity index (χ2v) is 3.64. The molecule has 0 amide bonds. The predicted molar refractivity (Wildman–Crippen MR) is 55.2 cm³/mol. The maximum atomic E-state index is 10.1. The molecular formula is C9H9IO2. The average Bonchev–Trinajstić information content (AvgIpc) is 2.07. The van der Waals surface area contributed by atoms with Gasteiger partial charge in [-0.3, -0.25) is 0 Å². The number of aldehydes is 1. The van der Waals surface area contributed by atoms with E-state index in [0.717, 1.165) is 15.4 Å². The number of phenolic OH excluding ortho intramolecular Hbond substituents is 1. The van der Waals surface area contributed by atoms with E-state index in [1.54, 1.807) is 12.1 Å². The van der Waals surface area contributed by atoms with Crippen molar-refractivity contribution >= 4 is 28.9 Å². The number of carbonyl (C=O) groups is 1. The topological polar surface area (TPSA) is 37.3 Å². The molecule has 0 unspecified atom stereocenters. The maximum absolute atomic E-state index is 10.1. The Morgan fingerprint density at radius 2 is 2.25 bits per heavy atom. The van der Waals surface area contributed by atoms with Gasteiger partial charge in [0.2, 0.25) is 0 Å². The maximum Gasteiger partial charge on any atom is 0.120 e. The number of benzene rings is 1. The van der Waals surface area contributed by atoms with Crippen LogP contribution in [0.4, 0.5) is 0 Å². The van der Waals surface area contributed by atoms with Gasteiger partial charge in [0.1, 0.15) is 12.0 Å². The number of aryl methyl sites for hydroxylation is 1. The molecule has 0 fully saturated rings. The molecule has 0 aliphatic carbocycles. The number of halogens is 1. The normalized spacial score (nSPS) is 9.75. The van der Waals surface area contributed by atoms with E-state index in [0.29, 0.717) is 12.8 Å². The monoisotopic (exact) mass is 276 g/mol. The summed E-state index contributed by atoms with van der Waals surface area (Å²) < 4.78 is 1.09. The summed E-state index contributed by atoms with van der Waals surface area (Å²) in [6.07, 6.45) is 2.11. The van der Waals surface area contributed by atoms with E-state index in [-0.39, 0.29) is 5.75 Å². The van der Waals surface area contributed by atoms with Crippen LogP contribution < -0.4 is 0 Å². The molecule has 1 rings (SSSR count). The molecule has 0 saturated carbocycles. The third-order valence-electron chi connectivity index (χ3n) is 1.56. The Labute approximate surface area is 84.7 Å². The number of carbonyl (C=O) groups excluding carboxylic acids is 1. The van der Waals surface area contributed by atoms with Crippen molar-refractivity contribution in [2.75, 3.05) is 0 Å². The molecular weight excluding hydrogens is 267 g/mol. The Morgan fingerprint density at radius 1 is 1.50 bits per heavy atom. The van der Waals surface area contributed by atoms with Crippen molar-refractivity contribution in [1.82, 2.24) is 0 Å². The Hall–Kier alpha value is -0.580. The fraction of sp³-hybridized carbons (Fsp3) is 0.222. The van der Waals surface area contributed by atoms with Crippen molar-refractivity contribution in [2.24, 2.45) is 0 Å². The Balaban J connectivity index is 2.82. The Morgan fingerprint density at radius 3 is 2.92 bits per heavy atom. The quantitative estimate of drug-likeness (QED) is 0.678. The fourth-order valence-corrected chi connectivity index (χ4v) is 1.57. The van der Waals surface area contributed by atoms with Crippen LogP contribution in [-0.2, 0) is 11.2 Å². The molecule has 64 valence electrons. The largest absolute Gasteiger partial charge is 0.508 e. The van der Waals surface area contributed by atoms with Crippen LogP contribution in [0.25, 0.3) is 0 Å². The lowest BCUT2D eigenvalue weighted by molar-refractivity contribution is -0.107. The van der Waals surface area contributed by atoms with E-state index < -0.39 is 0 Å². The van der Waals surface area contributed by atoms with Crippen molar-refractivity contribution in [3.05, 3.63) is 27.3 Å². The van der Waals surface area contributed by atoms with Crippen molar-refractivity contribution in [3.8, 4) is 5.75 Å². The first-order valence-corrected chi connectivity index (χ1v) is 4.73. The number of hydrogen-bond acceptors (Lipinski definition) is 2. The summed E-state index contributed by atoms with van der Waals surface area (Å²) >= 11 is 2.19. The highest BCUT2D eigenvalue weighted by Crippen LogP contribution is 2.19. The van der Waals surface area contributed by atoms with Gasteiger partial charge < -0.3 is 9.90 Å². The first-order valence-electron chi connectivity index (χ1n) is 3.65. The molecule has 0 radical (unpaired) electrons. The highest BCUT2D eigenvalue weighted by atomic mass is 127. The van der Waals surface area contributed by atoms with Crippen LogP contribution in [0.2, 0.25) is 0 Å². The predicted octanol–water partition coefficient (Wildman–Crippen LogP) is 2.13. The zero-order valence-electron chi connectivity index (χ0n) is 6.46. The van der Waals surface area contributed by atoms with E-state index in [2.05, 4.69) is 22.6 Å². The fourth-order valence-electron chi connectivity index (χ4n) is 0.967. The SMILES string of the molecule is O=CCCc1cc(O)ccc1I. The molecule has 1 aromatic rings. The Bertz CT molecular complexity index is 284. The highest BCUT2D eigenvalue weighted by molar-refractivity contribution is 14.1. The zero-order valence-corrected chi connectivity index (χ0v) is 8.61. The molecule has 1 aromatic carbocycles. The molecule has 2 nitrogen and oxygen atoms in total. The summed E-state index contributed by atoms with van der Waals surface area (Å²) in [6.45, 7) is 0. The summed E-state index contributed by atoms with van der Waals surface area (Å²) in [4.78, 5) is 10.1. The molecule has 0 aromatic heterocycles. The van der Waals surface area contributed by atoms with E-state index in [4.69, 9.17) is 5.11 Å². The third kappa shape index (κ3) is 2.48. The second-order valence-electron chi connectivity index (χ2n) is 2.48. The van der Waals surface area contributed by atoms with E-state index in [1.165, 1.54) is 0 Å². The molecule has 0 heterocycles. The number of phenols is 1. The van der Waals surface area contributed by atoms with Gasteiger partial charge >= 0.3 is 0 Å². The smallest absolute Gasteiger partial charge is 0.120 e. The number of aromatic hydroxyl groups is 1. The van der Waals surface area contributed by atoms with Gasteiger partial charge in [0.05, 0.1) is 0 Å². The van der Waals surface area contributed by atoms with Gasteiger partial charge in [0.25, 0.3) is 0 Å². The number of rotatable bonds is 3. The molecule has 12 heavy (non-hydrogen) atoms. The van der Waals surface area contributed by atoms with Gasteiger partial charge in [0, 0.05) is 9.99 Å². The molecule has 1 N–H and O–H groups in total. The van der Waals surface area contributed by atoms with Crippen LogP contribution in [0.15, 0.2) is 18.2 Å². The summed E-state index contributed by atoms with van der Waals surface area (Å²) in [6, 6.07) is 5.19. The van der Waals surface area contributed by atoms with Crippen LogP contribution in [0.5, 0.6) is 5.75 Å². The molecule has 3 heteroatoms. The summed E-state index contributed by atoms with van der Waals surface area (Å²) in [5.41, 5.74) is 1.03. The highest BCUT2D eigenvalue weighted by Gasteiger charge is 1.99. The van der Waals surface area contributed by atoms with Crippen LogP contribution in [0, 0.1) is 3.57 Å². The average molecular weight is 276 g/mol. The standard InChI is InChI=1S/C9H9IO2/c10-9-4-3-8(12)6-7(9)2-1-5-11/h3-6,12H,1-2H2. The minimum absolute atomic E-state index is 0.260. The lowest BCUT2D eigenvalue weighted by atomic mass is 10.1. The van der Waals surface area contributed by atoms with Crippen LogP contribution in [0.1, 0.15) is 12.0 Å². The zero-order chi connectivity index (χ0) is 8.97. The van der Waals surface area contributed by atoms with Crippen molar-refractivity contribution < 1.29 is 9.90 Å². The van der Waals surface area contributed by atoms with E-state index in [9.17, 15) is 4.79 Å². The first-order chi connectivity index (χ1) is 5.74. The summed E-state index contributed by atoms with van der Waals surface area (Å²) in [5.74, 6) is 0.260. The van der Waals surface area contributed by atoms with E-state index in [1.807, 2.05) is 6.07 Å². The molecule has 0 spiro atoms. The van der Waals surface area contributed by atoms with Gasteiger partial charge in [0.15, 0.2) is 0 Å².